The van der Waals surface area contributed by atoms with E-state index in [0.717, 1.165) is 41.8 Å². The molecule has 0 aliphatic heterocycles. The van der Waals surface area contributed by atoms with E-state index in [9.17, 15) is 13.2 Å². The highest BCUT2D eigenvalue weighted by Crippen LogP contribution is 2.20. The second-order valence-corrected chi connectivity index (χ2v) is 9.71. The highest BCUT2D eigenvalue weighted by Gasteiger charge is 2.16. The van der Waals surface area contributed by atoms with Crippen molar-refractivity contribution in [1.29, 1.82) is 0 Å². The third-order valence-corrected chi connectivity index (χ3v) is 6.59. The van der Waals surface area contributed by atoms with Crippen LogP contribution in [-0.4, -0.2) is 26.0 Å². The standard InChI is InChI=1S/C26H29NO5S/c1-19-5-15-25(16-6-19)33(30,31)32-24-13-9-21(10-14-24)4-3-17-27-23-11-7-22(8-12-23)18-20(2)26(28)29/h5-16,20,27H,3-4,17-18H2,1-2H3,(H,28,29). The van der Waals surface area contributed by atoms with Crippen molar-refractivity contribution < 1.29 is 22.5 Å². The number of carbonyl (C=O) groups is 1. The zero-order valence-electron chi connectivity index (χ0n) is 18.8. The lowest BCUT2D eigenvalue weighted by molar-refractivity contribution is -0.141. The molecule has 174 valence electrons. The molecule has 3 rings (SSSR count). The largest absolute Gasteiger partial charge is 0.481 e. The summed E-state index contributed by atoms with van der Waals surface area (Å²) in [4.78, 5) is 11.1. The van der Waals surface area contributed by atoms with E-state index in [1.165, 1.54) is 12.1 Å². The predicted molar refractivity (Wildman–Crippen MR) is 129 cm³/mol. The first-order valence-electron chi connectivity index (χ1n) is 10.9. The number of aryl methyl sites for hydroxylation is 2. The maximum absolute atomic E-state index is 12.4. The number of rotatable bonds is 11. The second-order valence-electron chi connectivity index (χ2n) is 8.17. The van der Waals surface area contributed by atoms with Gasteiger partial charge < -0.3 is 14.6 Å². The van der Waals surface area contributed by atoms with Crippen LogP contribution in [0.4, 0.5) is 5.69 Å². The lowest BCUT2D eigenvalue weighted by atomic mass is 10.0. The first kappa shape index (κ1) is 24.3. The summed E-state index contributed by atoms with van der Waals surface area (Å²) in [5, 5.41) is 12.4. The third-order valence-electron chi connectivity index (χ3n) is 5.33. The number of aliphatic carboxylic acids is 1. The van der Waals surface area contributed by atoms with E-state index in [2.05, 4.69) is 5.32 Å². The van der Waals surface area contributed by atoms with Crippen molar-refractivity contribution in [1.82, 2.24) is 0 Å². The van der Waals surface area contributed by atoms with Crippen LogP contribution in [0.3, 0.4) is 0 Å². The molecule has 0 aliphatic rings. The van der Waals surface area contributed by atoms with Crippen LogP contribution in [0.2, 0.25) is 0 Å². The number of anilines is 1. The van der Waals surface area contributed by atoms with Gasteiger partial charge in [0.1, 0.15) is 10.6 Å². The lowest BCUT2D eigenvalue weighted by Gasteiger charge is -2.10. The second kappa shape index (κ2) is 11.0. The minimum atomic E-state index is -3.85. The molecule has 0 amide bonds. The van der Waals surface area contributed by atoms with Gasteiger partial charge in [0, 0.05) is 12.2 Å². The number of carboxylic acids is 1. The Bertz CT molecular complexity index is 1150. The van der Waals surface area contributed by atoms with E-state index in [4.69, 9.17) is 9.29 Å². The Kier molecular flexibility index (Phi) is 8.11. The molecule has 3 aromatic rings. The Morgan fingerprint density at radius 3 is 2.15 bits per heavy atom. The maximum atomic E-state index is 12.4. The van der Waals surface area contributed by atoms with Gasteiger partial charge in [0.15, 0.2) is 0 Å². The molecule has 0 aromatic heterocycles. The molecule has 0 fully saturated rings. The normalized spacial score (nSPS) is 12.2. The van der Waals surface area contributed by atoms with Crippen molar-refractivity contribution in [3.05, 3.63) is 89.5 Å². The van der Waals surface area contributed by atoms with Crippen molar-refractivity contribution in [2.45, 2.75) is 38.0 Å². The van der Waals surface area contributed by atoms with Gasteiger partial charge in [-0.2, -0.15) is 8.42 Å². The van der Waals surface area contributed by atoms with E-state index in [1.54, 1.807) is 31.2 Å². The average Bonchev–Trinajstić information content (AvgIpc) is 2.79. The summed E-state index contributed by atoms with van der Waals surface area (Å²) in [5.41, 5.74) is 4.07. The van der Waals surface area contributed by atoms with Gasteiger partial charge >= 0.3 is 16.1 Å². The fraction of sp³-hybridized carbons (Fsp3) is 0.269. The third kappa shape index (κ3) is 7.36. The van der Waals surface area contributed by atoms with Gasteiger partial charge in [-0.05, 0) is 73.7 Å². The summed E-state index contributed by atoms with van der Waals surface area (Å²) in [6.45, 7) is 4.38. The lowest BCUT2D eigenvalue weighted by Crippen LogP contribution is -2.12. The topological polar surface area (TPSA) is 92.7 Å². The molecule has 0 spiro atoms. The number of hydrogen-bond donors (Lipinski definition) is 2. The van der Waals surface area contributed by atoms with Gasteiger partial charge in [-0.3, -0.25) is 4.79 Å². The highest BCUT2D eigenvalue weighted by atomic mass is 32.2. The molecule has 0 bridgehead atoms. The molecule has 0 radical (unpaired) electrons. The van der Waals surface area contributed by atoms with Crippen LogP contribution in [0.5, 0.6) is 5.75 Å². The van der Waals surface area contributed by atoms with Crippen molar-refractivity contribution >= 4 is 21.8 Å². The van der Waals surface area contributed by atoms with E-state index >= 15 is 0 Å². The minimum Gasteiger partial charge on any atom is -0.481 e. The Hall–Kier alpha value is -3.32. The molecule has 1 atom stereocenters. The molecule has 0 saturated carbocycles. The molecule has 33 heavy (non-hydrogen) atoms. The van der Waals surface area contributed by atoms with Gasteiger partial charge in [0.05, 0.1) is 5.92 Å². The molecule has 6 nitrogen and oxygen atoms in total. The van der Waals surface area contributed by atoms with E-state index in [1.807, 2.05) is 43.3 Å². The molecule has 7 heteroatoms. The van der Waals surface area contributed by atoms with Gasteiger partial charge in [0.25, 0.3) is 0 Å². The van der Waals surface area contributed by atoms with E-state index < -0.39 is 22.0 Å². The first-order chi connectivity index (χ1) is 15.7. The molecule has 0 heterocycles. The van der Waals surface area contributed by atoms with Crippen molar-refractivity contribution in [3.63, 3.8) is 0 Å². The minimum absolute atomic E-state index is 0.132. The predicted octanol–water partition coefficient (Wildman–Crippen LogP) is 5.07. The fourth-order valence-corrected chi connectivity index (χ4v) is 4.25. The van der Waals surface area contributed by atoms with Crippen molar-refractivity contribution in [2.24, 2.45) is 5.92 Å². The summed E-state index contributed by atoms with van der Waals surface area (Å²) in [6.07, 6.45) is 2.26. The molecular formula is C26H29NO5S. The quantitative estimate of drug-likeness (QED) is 0.302. The zero-order chi connectivity index (χ0) is 23.8. The highest BCUT2D eigenvalue weighted by molar-refractivity contribution is 7.87. The van der Waals surface area contributed by atoms with Gasteiger partial charge in [-0.25, -0.2) is 0 Å². The number of benzene rings is 3. The van der Waals surface area contributed by atoms with Gasteiger partial charge in [-0.1, -0.05) is 48.9 Å². The summed E-state index contributed by atoms with van der Waals surface area (Å²) in [5.74, 6) is -0.900. The Balaban J connectivity index is 1.44. The van der Waals surface area contributed by atoms with Crippen LogP contribution in [-0.2, 0) is 27.8 Å². The fourth-order valence-electron chi connectivity index (χ4n) is 3.32. The summed E-state index contributed by atoms with van der Waals surface area (Å²) in [6, 6.07) is 21.5. The Morgan fingerprint density at radius 2 is 1.55 bits per heavy atom. The van der Waals surface area contributed by atoms with Gasteiger partial charge in [0.2, 0.25) is 0 Å². The first-order valence-corrected chi connectivity index (χ1v) is 12.3. The van der Waals surface area contributed by atoms with Crippen molar-refractivity contribution in [2.75, 3.05) is 11.9 Å². The van der Waals surface area contributed by atoms with Crippen LogP contribution in [0.1, 0.15) is 30.0 Å². The SMILES string of the molecule is Cc1ccc(S(=O)(=O)Oc2ccc(CCCNc3ccc(CC(C)C(=O)O)cc3)cc2)cc1. The number of hydrogen-bond acceptors (Lipinski definition) is 5. The monoisotopic (exact) mass is 467 g/mol. The molecule has 3 aromatic carbocycles. The van der Waals surface area contributed by atoms with Crippen LogP contribution in [0.25, 0.3) is 0 Å². The van der Waals surface area contributed by atoms with E-state index in [-0.39, 0.29) is 10.6 Å². The van der Waals surface area contributed by atoms with Crippen LogP contribution in [0, 0.1) is 12.8 Å². The molecule has 0 saturated heterocycles. The number of nitrogens with one attached hydrogen (secondary N) is 1. The van der Waals surface area contributed by atoms with Gasteiger partial charge in [-0.15, -0.1) is 0 Å². The smallest absolute Gasteiger partial charge is 0.339 e. The summed E-state index contributed by atoms with van der Waals surface area (Å²) >= 11 is 0. The zero-order valence-corrected chi connectivity index (χ0v) is 19.6. The Morgan fingerprint density at radius 1 is 0.939 bits per heavy atom. The number of carboxylic acid groups (broad SMARTS) is 1. The van der Waals surface area contributed by atoms with Crippen molar-refractivity contribution in [3.8, 4) is 5.75 Å². The van der Waals surface area contributed by atoms with Crippen LogP contribution in [0.15, 0.2) is 77.7 Å². The summed E-state index contributed by atoms with van der Waals surface area (Å²) < 4.78 is 30.0. The Labute approximate surface area is 195 Å². The molecule has 1 unspecified atom stereocenters. The van der Waals surface area contributed by atoms with Crippen LogP contribution >= 0.6 is 0 Å². The van der Waals surface area contributed by atoms with E-state index in [0.29, 0.717) is 6.42 Å². The maximum Gasteiger partial charge on any atom is 0.339 e. The molecule has 0 aliphatic carbocycles. The molecule has 2 N–H and O–H groups in total. The average molecular weight is 468 g/mol. The molecular weight excluding hydrogens is 438 g/mol. The summed E-state index contributed by atoms with van der Waals surface area (Å²) in [7, 11) is -3.85. The van der Waals surface area contributed by atoms with Crippen LogP contribution < -0.4 is 9.50 Å².